The molecule has 7 nitrogen and oxygen atoms in total. The van der Waals surface area contributed by atoms with Gasteiger partial charge in [0, 0.05) is 14.1 Å². The first-order chi connectivity index (χ1) is 7.97. The van der Waals surface area contributed by atoms with Crippen LogP contribution in [0.1, 0.15) is 0 Å². The van der Waals surface area contributed by atoms with E-state index in [0.717, 1.165) is 4.57 Å². The van der Waals surface area contributed by atoms with Gasteiger partial charge in [-0.15, -0.1) is 11.8 Å². The number of nitrogens with one attached hydrogen (secondary N) is 1. The zero-order chi connectivity index (χ0) is 12.7. The van der Waals surface area contributed by atoms with Gasteiger partial charge in [-0.2, -0.15) is 4.98 Å². The molecule has 0 aliphatic carbocycles. The van der Waals surface area contributed by atoms with E-state index in [0.29, 0.717) is 5.03 Å². The smallest absolute Gasteiger partial charge is 0.291 e. The van der Waals surface area contributed by atoms with Gasteiger partial charge in [0.25, 0.3) is 5.56 Å². The summed E-state index contributed by atoms with van der Waals surface area (Å²) in [5, 5.41) is 0.571. The summed E-state index contributed by atoms with van der Waals surface area (Å²) in [4.78, 5) is 41.1. The summed E-state index contributed by atoms with van der Waals surface area (Å²) in [7, 11) is 2.88. The van der Waals surface area contributed by atoms with Crippen molar-refractivity contribution in [2.45, 2.75) is 5.03 Å². The molecule has 1 N–H and O–H groups in total. The van der Waals surface area contributed by atoms with E-state index in [4.69, 9.17) is 0 Å². The van der Waals surface area contributed by atoms with Crippen molar-refractivity contribution in [3.63, 3.8) is 0 Å². The number of H-pyrrole nitrogens is 1. The lowest BCUT2D eigenvalue weighted by Crippen LogP contribution is -2.38. The maximum absolute atomic E-state index is 12.0. The summed E-state index contributed by atoms with van der Waals surface area (Å²) in [6.07, 6.45) is 1.71. The Morgan fingerprint density at radius 2 is 1.82 bits per heavy atom. The van der Waals surface area contributed by atoms with Gasteiger partial charge in [0.1, 0.15) is 16.1 Å². The van der Waals surface area contributed by atoms with Gasteiger partial charge in [-0.25, -0.2) is 9.59 Å². The summed E-state index contributed by atoms with van der Waals surface area (Å²) >= 11 is 1.19. The zero-order valence-electron chi connectivity index (χ0n) is 9.47. The number of hydrogen-bond acceptors (Lipinski definition) is 5. The van der Waals surface area contributed by atoms with Crippen molar-refractivity contribution >= 4 is 22.8 Å². The highest BCUT2D eigenvalue weighted by molar-refractivity contribution is 7.98. The van der Waals surface area contributed by atoms with Gasteiger partial charge >= 0.3 is 11.4 Å². The molecule has 2 aromatic heterocycles. The van der Waals surface area contributed by atoms with Gasteiger partial charge in [0.05, 0.1) is 0 Å². The third-order valence-electron chi connectivity index (χ3n) is 2.50. The predicted octanol–water partition coefficient (Wildman–Crippen LogP) is -0.958. The second-order valence-corrected chi connectivity index (χ2v) is 4.28. The molecule has 17 heavy (non-hydrogen) atoms. The number of aromatic nitrogens is 4. The lowest BCUT2D eigenvalue weighted by Gasteiger charge is -2.08. The first-order valence-electron chi connectivity index (χ1n) is 4.71. The number of nitrogens with zero attached hydrogens (tertiary/aromatic N) is 3. The largest absolute Gasteiger partial charge is 0.347 e. The topological polar surface area (TPSA) is 89.8 Å². The maximum Gasteiger partial charge on any atom is 0.347 e. The minimum Gasteiger partial charge on any atom is -0.291 e. The van der Waals surface area contributed by atoms with Crippen LogP contribution < -0.4 is 16.9 Å². The fourth-order valence-corrected chi connectivity index (χ4v) is 2.17. The van der Waals surface area contributed by atoms with Crippen LogP contribution in [0.15, 0.2) is 19.4 Å². The standard InChI is InChI=1S/C9H10N4O3S/c1-12-5-4(7(14)13(2)9(12)16)6(17-3)11-8(15)10-5/h1-3H3,(H,10,11,15). The SMILES string of the molecule is CSc1nc(=O)[nH]c2c1c(=O)n(C)c(=O)n2C. The zero-order valence-corrected chi connectivity index (χ0v) is 10.3. The molecular formula is C9H10N4O3S. The van der Waals surface area contributed by atoms with Crippen LogP contribution in [0.25, 0.3) is 11.0 Å². The molecule has 0 bridgehead atoms. The Bertz CT molecular complexity index is 771. The van der Waals surface area contributed by atoms with Crippen molar-refractivity contribution < 1.29 is 0 Å². The number of thioether (sulfide) groups is 1. The molecule has 0 aliphatic heterocycles. The lowest BCUT2D eigenvalue weighted by molar-refractivity contribution is 0.701. The highest BCUT2D eigenvalue weighted by Gasteiger charge is 2.14. The molecule has 2 rings (SSSR count). The van der Waals surface area contributed by atoms with Gasteiger partial charge in [-0.1, -0.05) is 0 Å². The summed E-state index contributed by atoms with van der Waals surface area (Å²) in [5.41, 5.74) is -1.33. The van der Waals surface area contributed by atoms with Crippen molar-refractivity contribution in [2.75, 3.05) is 6.26 Å². The van der Waals surface area contributed by atoms with E-state index < -0.39 is 16.9 Å². The fourth-order valence-electron chi connectivity index (χ4n) is 1.61. The fraction of sp³-hybridized carbons (Fsp3) is 0.333. The number of aryl methyl sites for hydroxylation is 1. The summed E-state index contributed by atoms with van der Waals surface area (Å²) in [6.45, 7) is 0. The average Bonchev–Trinajstić information content (AvgIpc) is 2.32. The molecule has 0 atom stereocenters. The number of rotatable bonds is 1. The highest BCUT2D eigenvalue weighted by atomic mass is 32.2. The number of hydrogen-bond donors (Lipinski definition) is 1. The molecule has 0 saturated carbocycles. The van der Waals surface area contributed by atoms with E-state index in [1.165, 1.54) is 30.4 Å². The van der Waals surface area contributed by atoms with Gasteiger partial charge < -0.3 is 0 Å². The Labute approximate surface area is 99.1 Å². The molecule has 0 unspecified atom stereocenters. The van der Waals surface area contributed by atoms with Crippen LogP contribution in [0.2, 0.25) is 0 Å². The normalized spacial score (nSPS) is 11.0. The molecular weight excluding hydrogens is 244 g/mol. The number of aromatic amines is 1. The molecule has 2 heterocycles. The quantitative estimate of drug-likeness (QED) is 0.523. The summed E-state index contributed by atoms with van der Waals surface area (Å²) < 4.78 is 2.21. The van der Waals surface area contributed by atoms with E-state index in [1.54, 1.807) is 6.26 Å². The predicted molar refractivity (Wildman–Crippen MR) is 64.6 cm³/mol. The first kappa shape index (κ1) is 11.6. The highest BCUT2D eigenvalue weighted by Crippen LogP contribution is 2.16. The van der Waals surface area contributed by atoms with Crippen molar-refractivity contribution in [1.29, 1.82) is 0 Å². The van der Waals surface area contributed by atoms with Gasteiger partial charge in [0.15, 0.2) is 0 Å². The van der Waals surface area contributed by atoms with Crippen molar-refractivity contribution in [1.82, 2.24) is 19.1 Å². The Balaban J connectivity index is 3.23. The van der Waals surface area contributed by atoms with E-state index in [-0.39, 0.29) is 11.0 Å². The molecule has 0 spiro atoms. The molecule has 0 fully saturated rings. The van der Waals surface area contributed by atoms with Crippen molar-refractivity contribution in [2.24, 2.45) is 14.1 Å². The Morgan fingerprint density at radius 3 is 2.41 bits per heavy atom. The summed E-state index contributed by atoms with van der Waals surface area (Å²) in [5.74, 6) is 0. The van der Waals surface area contributed by atoms with Crippen LogP contribution in [0.3, 0.4) is 0 Å². The monoisotopic (exact) mass is 254 g/mol. The third kappa shape index (κ3) is 1.60. The second kappa shape index (κ2) is 3.88. The van der Waals surface area contributed by atoms with E-state index in [1.807, 2.05) is 0 Å². The van der Waals surface area contributed by atoms with Crippen LogP contribution in [0.4, 0.5) is 0 Å². The van der Waals surface area contributed by atoms with E-state index in [2.05, 4.69) is 9.97 Å². The lowest BCUT2D eigenvalue weighted by atomic mass is 10.4. The van der Waals surface area contributed by atoms with Crippen LogP contribution >= 0.6 is 11.8 Å². The van der Waals surface area contributed by atoms with Crippen LogP contribution in [0, 0.1) is 0 Å². The minimum absolute atomic E-state index is 0.197. The van der Waals surface area contributed by atoms with Crippen LogP contribution in [-0.2, 0) is 14.1 Å². The van der Waals surface area contributed by atoms with E-state index >= 15 is 0 Å². The van der Waals surface area contributed by atoms with E-state index in [9.17, 15) is 14.4 Å². The Kier molecular flexibility index (Phi) is 2.66. The second-order valence-electron chi connectivity index (χ2n) is 3.48. The van der Waals surface area contributed by atoms with Gasteiger partial charge in [0.2, 0.25) is 0 Å². The number of fused-ring (bicyclic) bond motifs is 1. The average molecular weight is 254 g/mol. The molecule has 8 heteroatoms. The van der Waals surface area contributed by atoms with Crippen molar-refractivity contribution in [3.05, 3.63) is 31.3 Å². The summed E-state index contributed by atoms with van der Waals surface area (Å²) in [6, 6.07) is 0. The minimum atomic E-state index is -0.579. The van der Waals surface area contributed by atoms with Gasteiger partial charge in [-0.05, 0) is 6.26 Å². The molecule has 0 aliphatic rings. The van der Waals surface area contributed by atoms with Gasteiger partial charge in [-0.3, -0.25) is 18.9 Å². The molecule has 0 radical (unpaired) electrons. The Hall–Kier alpha value is -1.83. The molecule has 90 valence electrons. The van der Waals surface area contributed by atoms with Crippen molar-refractivity contribution in [3.8, 4) is 0 Å². The molecule has 0 amide bonds. The first-order valence-corrected chi connectivity index (χ1v) is 5.94. The van der Waals surface area contributed by atoms with Crippen LogP contribution in [-0.4, -0.2) is 25.4 Å². The Morgan fingerprint density at radius 1 is 1.18 bits per heavy atom. The third-order valence-corrected chi connectivity index (χ3v) is 3.18. The molecule has 2 aromatic rings. The van der Waals surface area contributed by atoms with Crippen LogP contribution in [0.5, 0.6) is 0 Å². The molecule has 0 saturated heterocycles. The molecule has 0 aromatic carbocycles. The maximum atomic E-state index is 12.0.